The number of aryl methyl sites for hydroxylation is 1. The molecule has 0 saturated carbocycles. The molecule has 1 heterocycles. The second kappa shape index (κ2) is 8.16. The Labute approximate surface area is 151 Å². The summed E-state index contributed by atoms with van der Waals surface area (Å²) in [5.41, 5.74) is 1.03. The largest absolute Gasteiger partial charge is 0.491 e. The molecule has 0 aliphatic rings. The third-order valence-corrected chi connectivity index (χ3v) is 4.03. The lowest BCUT2D eigenvalue weighted by Gasteiger charge is -2.20. The predicted octanol–water partition coefficient (Wildman–Crippen LogP) is 2.94. The Balaban J connectivity index is 1.77. The van der Waals surface area contributed by atoms with Crippen LogP contribution in [0.5, 0.6) is 5.75 Å². The van der Waals surface area contributed by atoms with Crippen molar-refractivity contribution in [2.75, 3.05) is 6.61 Å². The van der Waals surface area contributed by atoms with Crippen LogP contribution in [0.2, 0.25) is 0 Å². The second-order valence-corrected chi connectivity index (χ2v) is 5.93. The molecule has 0 spiro atoms. The number of carbonyl (C=O) groups excluding carboxylic acids is 1. The van der Waals surface area contributed by atoms with E-state index in [9.17, 15) is 9.59 Å². The van der Waals surface area contributed by atoms with E-state index in [1.54, 1.807) is 19.3 Å². The number of rotatable bonds is 6. The van der Waals surface area contributed by atoms with Crippen LogP contribution in [0.25, 0.3) is 0 Å². The van der Waals surface area contributed by atoms with Crippen molar-refractivity contribution in [2.45, 2.75) is 6.04 Å². The van der Waals surface area contributed by atoms with E-state index in [2.05, 4.69) is 5.32 Å². The number of amides is 1. The molecule has 0 radical (unpaired) electrons. The molecule has 0 aliphatic carbocycles. The summed E-state index contributed by atoms with van der Waals surface area (Å²) < 4.78 is 7.24. The number of nitrogens with one attached hydrogen (secondary N) is 1. The molecule has 0 saturated heterocycles. The molecule has 3 rings (SSSR count). The maximum atomic E-state index is 12.6. The van der Waals surface area contributed by atoms with Gasteiger partial charge in [0.1, 0.15) is 12.4 Å². The van der Waals surface area contributed by atoms with Gasteiger partial charge in [-0.3, -0.25) is 9.59 Å². The van der Waals surface area contributed by atoms with Crippen LogP contribution in [-0.4, -0.2) is 17.1 Å². The molecule has 2 aromatic carbocycles. The van der Waals surface area contributed by atoms with Gasteiger partial charge in [-0.1, -0.05) is 48.5 Å². The summed E-state index contributed by atoms with van der Waals surface area (Å²) >= 11 is 0. The normalized spacial score (nSPS) is 11.6. The minimum atomic E-state index is -0.340. The van der Waals surface area contributed by atoms with Gasteiger partial charge >= 0.3 is 0 Å². The number of nitrogens with zero attached hydrogens (tertiary/aromatic N) is 1. The molecule has 0 unspecified atom stereocenters. The highest BCUT2D eigenvalue weighted by Gasteiger charge is 2.17. The van der Waals surface area contributed by atoms with Gasteiger partial charge in [-0.25, -0.2) is 0 Å². The van der Waals surface area contributed by atoms with E-state index < -0.39 is 0 Å². The van der Waals surface area contributed by atoms with Crippen molar-refractivity contribution in [1.82, 2.24) is 9.88 Å². The maximum Gasteiger partial charge on any atom is 0.252 e. The summed E-state index contributed by atoms with van der Waals surface area (Å²) in [4.78, 5) is 24.4. The first-order valence-electron chi connectivity index (χ1n) is 8.34. The molecule has 1 N–H and O–H groups in total. The van der Waals surface area contributed by atoms with Crippen molar-refractivity contribution in [3.05, 3.63) is 100 Å². The number of para-hydroxylation sites is 1. The predicted molar refractivity (Wildman–Crippen MR) is 100 cm³/mol. The first kappa shape index (κ1) is 17.5. The zero-order valence-corrected chi connectivity index (χ0v) is 14.5. The SMILES string of the molecule is Cn1ccc(C(=O)N[C@@H](COc2ccccc2)c2ccccc2)cc1=O. The van der Waals surface area contributed by atoms with Gasteiger partial charge in [0.25, 0.3) is 11.5 Å². The van der Waals surface area contributed by atoms with Crippen LogP contribution in [0.1, 0.15) is 22.0 Å². The van der Waals surface area contributed by atoms with Gasteiger partial charge in [0.05, 0.1) is 6.04 Å². The number of hydrogen-bond acceptors (Lipinski definition) is 3. The Kier molecular flexibility index (Phi) is 5.49. The highest BCUT2D eigenvalue weighted by Crippen LogP contribution is 2.17. The third kappa shape index (κ3) is 4.39. The average Bonchev–Trinajstić information content (AvgIpc) is 2.68. The third-order valence-electron chi connectivity index (χ3n) is 4.03. The molecular weight excluding hydrogens is 328 g/mol. The van der Waals surface area contributed by atoms with Gasteiger partial charge in [0.2, 0.25) is 0 Å². The quantitative estimate of drug-likeness (QED) is 0.745. The molecule has 1 amide bonds. The lowest BCUT2D eigenvalue weighted by atomic mass is 10.1. The van der Waals surface area contributed by atoms with Gasteiger partial charge in [-0.2, -0.15) is 0 Å². The lowest BCUT2D eigenvalue weighted by Crippen LogP contribution is -2.33. The molecule has 1 aromatic heterocycles. The van der Waals surface area contributed by atoms with E-state index in [-0.39, 0.29) is 24.1 Å². The van der Waals surface area contributed by atoms with Gasteiger partial charge in [0.15, 0.2) is 0 Å². The minimum Gasteiger partial charge on any atom is -0.491 e. The number of ether oxygens (including phenoxy) is 1. The smallest absolute Gasteiger partial charge is 0.252 e. The Hall–Kier alpha value is -3.34. The molecule has 0 aliphatic heterocycles. The standard InChI is InChI=1S/C21H20N2O3/c1-23-13-12-17(14-20(23)24)21(25)22-19(16-8-4-2-5-9-16)15-26-18-10-6-3-7-11-18/h2-14,19H,15H2,1H3,(H,22,25)/t19-/m0/s1. The Morgan fingerprint density at radius 2 is 1.69 bits per heavy atom. The van der Waals surface area contributed by atoms with Gasteiger partial charge in [-0.05, 0) is 23.8 Å². The molecule has 0 fully saturated rings. The number of aromatic nitrogens is 1. The Morgan fingerprint density at radius 1 is 1.04 bits per heavy atom. The monoisotopic (exact) mass is 348 g/mol. The van der Waals surface area contributed by atoms with E-state index in [0.717, 1.165) is 11.3 Å². The van der Waals surface area contributed by atoms with Crippen LogP contribution in [0.15, 0.2) is 83.8 Å². The zero-order valence-electron chi connectivity index (χ0n) is 14.5. The summed E-state index contributed by atoms with van der Waals surface area (Å²) in [5, 5.41) is 2.95. The van der Waals surface area contributed by atoms with Crippen LogP contribution in [0.3, 0.4) is 0 Å². The molecule has 3 aromatic rings. The molecular formula is C21H20N2O3. The van der Waals surface area contributed by atoms with Gasteiger partial charge < -0.3 is 14.6 Å². The fourth-order valence-corrected chi connectivity index (χ4v) is 2.53. The van der Waals surface area contributed by atoms with E-state index in [0.29, 0.717) is 5.56 Å². The fraction of sp³-hybridized carbons (Fsp3) is 0.143. The summed E-state index contributed by atoms with van der Waals surface area (Å²) in [7, 11) is 1.64. The van der Waals surface area contributed by atoms with Crippen LogP contribution in [0, 0.1) is 0 Å². The maximum absolute atomic E-state index is 12.6. The number of pyridine rings is 1. The van der Waals surface area contributed by atoms with E-state index in [4.69, 9.17) is 4.74 Å². The minimum absolute atomic E-state index is 0.227. The zero-order chi connectivity index (χ0) is 18.4. The average molecular weight is 348 g/mol. The molecule has 5 heteroatoms. The van der Waals surface area contributed by atoms with Gasteiger partial charge in [0, 0.05) is 24.9 Å². The van der Waals surface area contributed by atoms with Gasteiger partial charge in [-0.15, -0.1) is 0 Å². The van der Waals surface area contributed by atoms with Crippen molar-refractivity contribution in [3.63, 3.8) is 0 Å². The molecule has 5 nitrogen and oxygen atoms in total. The Bertz CT molecular complexity index is 921. The summed E-state index contributed by atoms with van der Waals surface area (Å²) in [5.74, 6) is 0.421. The molecule has 0 bridgehead atoms. The van der Waals surface area contributed by atoms with Crippen LogP contribution in [0.4, 0.5) is 0 Å². The van der Waals surface area contributed by atoms with Crippen molar-refractivity contribution in [3.8, 4) is 5.75 Å². The van der Waals surface area contributed by atoms with Crippen molar-refractivity contribution >= 4 is 5.91 Å². The second-order valence-electron chi connectivity index (χ2n) is 5.93. The summed E-state index contributed by atoms with van der Waals surface area (Å²) in [6.07, 6.45) is 1.58. The van der Waals surface area contributed by atoms with Crippen molar-refractivity contribution < 1.29 is 9.53 Å². The Morgan fingerprint density at radius 3 is 2.35 bits per heavy atom. The highest BCUT2D eigenvalue weighted by atomic mass is 16.5. The number of hydrogen-bond donors (Lipinski definition) is 1. The summed E-state index contributed by atoms with van der Waals surface area (Å²) in [6.45, 7) is 0.282. The van der Waals surface area contributed by atoms with E-state index in [1.807, 2.05) is 60.7 Å². The highest BCUT2D eigenvalue weighted by molar-refractivity contribution is 5.94. The molecule has 26 heavy (non-hydrogen) atoms. The van der Waals surface area contributed by atoms with E-state index >= 15 is 0 Å². The molecule has 1 atom stereocenters. The fourth-order valence-electron chi connectivity index (χ4n) is 2.53. The van der Waals surface area contributed by atoms with Crippen molar-refractivity contribution in [1.29, 1.82) is 0 Å². The van der Waals surface area contributed by atoms with Crippen LogP contribution in [-0.2, 0) is 7.05 Å². The van der Waals surface area contributed by atoms with Crippen molar-refractivity contribution in [2.24, 2.45) is 7.05 Å². The number of benzene rings is 2. The summed E-state index contributed by atoms with van der Waals surface area (Å²) in [6, 6.07) is 21.7. The van der Waals surface area contributed by atoms with E-state index in [1.165, 1.54) is 10.6 Å². The topological polar surface area (TPSA) is 60.3 Å². The number of carbonyl (C=O) groups is 1. The lowest BCUT2D eigenvalue weighted by molar-refractivity contribution is 0.0921. The molecule has 132 valence electrons. The first-order chi connectivity index (χ1) is 12.6. The first-order valence-corrected chi connectivity index (χ1v) is 8.34. The van der Waals surface area contributed by atoms with Crippen LogP contribution < -0.4 is 15.6 Å². The van der Waals surface area contributed by atoms with Crippen LogP contribution >= 0.6 is 0 Å².